The fourth-order valence-corrected chi connectivity index (χ4v) is 2.76. The molecule has 1 saturated heterocycles. The second kappa shape index (κ2) is 6.75. The first kappa shape index (κ1) is 14.9. The number of ether oxygens (including phenoxy) is 1. The number of hydrogen-bond donors (Lipinski definition) is 1. The van der Waals surface area contributed by atoms with E-state index in [4.69, 9.17) is 10.5 Å². The van der Waals surface area contributed by atoms with E-state index < -0.39 is 0 Å². The van der Waals surface area contributed by atoms with E-state index >= 15 is 0 Å². The van der Waals surface area contributed by atoms with Crippen molar-refractivity contribution in [2.45, 2.75) is 32.2 Å². The lowest BCUT2D eigenvalue weighted by Gasteiger charge is -2.19. The summed E-state index contributed by atoms with van der Waals surface area (Å²) >= 11 is 0. The first-order valence-corrected chi connectivity index (χ1v) is 7.25. The summed E-state index contributed by atoms with van der Waals surface area (Å²) in [5.41, 5.74) is 7.01. The largest absolute Gasteiger partial charge is 0.496 e. The summed E-state index contributed by atoms with van der Waals surface area (Å²) in [7, 11) is 1.68. The van der Waals surface area contributed by atoms with Crippen molar-refractivity contribution in [2.75, 3.05) is 20.2 Å². The van der Waals surface area contributed by atoms with Gasteiger partial charge in [0.1, 0.15) is 5.75 Å². The normalized spacial score (nSPS) is 19.9. The van der Waals surface area contributed by atoms with E-state index in [0.717, 1.165) is 30.7 Å². The van der Waals surface area contributed by atoms with Crippen molar-refractivity contribution >= 4 is 5.91 Å². The first-order valence-electron chi connectivity index (χ1n) is 7.25. The van der Waals surface area contributed by atoms with Crippen LogP contribution in [0.5, 0.6) is 5.75 Å². The standard InChI is InChI=1S/C16H24N2O2/c1-12(9-13-5-3-4-6-15(13)20-2)10-16(19)18-8-7-14(17)11-18/h3-6,12,14H,7-11,17H2,1-2H3/t12-,14+/m0/s1. The first-order chi connectivity index (χ1) is 9.60. The molecule has 0 unspecified atom stereocenters. The Balaban J connectivity index is 1.89. The lowest BCUT2D eigenvalue weighted by molar-refractivity contribution is -0.131. The molecule has 0 saturated carbocycles. The zero-order valence-electron chi connectivity index (χ0n) is 12.3. The van der Waals surface area contributed by atoms with Crippen molar-refractivity contribution < 1.29 is 9.53 Å². The van der Waals surface area contributed by atoms with Gasteiger partial charge in [-0.2, -0.15) is 0 Å². The summed E-state index contributed by atoms with van der Waals surface area (Å²) in [6.07, 6.45) is 2.35. The summed E-state index contributed by atoms with van der Waals surface area (Å²) in [5, 5.41) is 0. The molecule has 0 aliphatic carbocycles. The number of carbonyl (C=O) groups is 1. The van der Waals surface area contributed by atoms with Crippen molar-refractivity contribution in [3.8, 4) is 5.75 Å². The van der Waals surface area contributed by atoms with Crippen LogP contribution in [-0.4, -0.2) is 37.0 Å². The summed E-state index contributed by atoms with van der Waals surface area (Å²) in [6.45, 7) is 3.63. The van der Waals surface area contributed by atoms with Crippen LogP contribution in [0.4, 0.5) is 0 Å². The zero-order valence-corrected chi connectivity index (χ0v) is 12.3. The van der Waals surface area contributed by atoms with Crippen LogP contribution in [0.25, 0.3) is 0 Å². The highest BCUT2D eigenvalue weighted by Gasteiger charge is 2.24. The smallest absolute Gasteiger partial charge is 0.222 e. The lowest BCUT2D eigenvalue weighted by atomic mass is 9.97. The van der Waals surface area contributed by atoms with E-state index in [9.17, 15) is 4.79 Å². The monoisotopic (exact) mass is 276 g/mol. The SMILES string of the molecule is COc1ccccc1C[C@H](C)CC(=O)N1CC[C@@H](N)C1. The lowest BCUT2D eigenvalue weighted by Crippen LogP contribution is -2.32. The summed E-state index contributed by atoms with van der Waals surface area (Å²) in [6, 6.07) is 8.15. The van der Waals surface area contributed by atoms with Gasteiger partial charge in [0.15, 0.2) is 0 Å². The molecule has 2 rings (SSSR count). The van der Waals surface area contributed by atoms with Crippen molar-refractivity contribution in [3.63, 3.8) is 0 Å². The Bertz CT molecular complexity index is 462. The van der Waals surface area contributed by atoms with Crippen LogP contribution >= 0.6 is 0 Å². The maximum absolute atomic E-state index is 12.2. The van der Waals surface area contributed by atoms with Crippen LogP contribution in [0.1, 0.15) is 25.3 Å². The minimum Gasteiger partial charge on any atom is -0.496 e. The molecule has 1 aliphatic rings. The van der Waals surface area contributed by atoms with Crippen LogP contribution < -0.4 is 10.5 Å². The third kappa shape index (κ3) is 3.73. The minimum atomic E-state index is 0.156. The van der Waals surface area contributed by atoms with Gasteiger partial charge in [-0.15, -0.1) is 0 Å². The van der Waals surface area contributed by atoms with Crippen LogP contribution in [0.3, 0.4) is 0 Å². The van der Waals surface area contributed by atoms with Gasteiger partial charge in [-0.3, -0.25) is 4.79 Å². The Morgan fingerprint density at radius 1 is 1.50 bits per heavy atom. The molecule has 1 aromatic rings. The number of methoxy groups -OCH3 is 1. The molecular weight excluding hydrogens is 252 g/mol. The number of nitrogens with two attached hydrogens (primary N) is 1. The molecule has 110 valence electrons. The molecule has 1 heterocycles. The van der Waals surface area contributed by atoms with Crippen molar-refractivity contribution in [1.29, 1.82) is 0 Å². The van der Waals surface area contributed by atoms with Crippen LogP contribution in [-0.2, 0) is 11.2 Å². The predicted octanol–water partition coefficient (Wildman–Crippen LogP) is 1.82. The molecule has 1 aliphatic heterocycles. The Labute approximate surface area is 120 Å². The number of likely N-dealkylation sites (tertiary alicyclic amines) is 1. The second-order valence-corrected chi connectivity index (χ2v) is 5.71. The van der Waals surface area contributed by atoms with Gasteiger partial charge in [0.25, 0.3) is 0 Å². The van der Waals surface area contributed by atoms with Gasteiger partial charge >= 0.3 is 0 Å². The van der Waals surface area contributed by atoms with Gasteiger partial charge in [-0.1, -0.05) is 25.1 Å². The third-order valence-electron chi connectivity index (χ3n) is 3.86. The highest BCUT2D eigenvalue weighted by Crippen LogP contribution is 2.23. The van der Waals surface area contributed by atoms with E-state index in [2.05, 4.69) is 13.0 Å². The Morgan fingerprint density at radius 3 is 2.90 bits per heavy atom. The number of amides is 1. The van der Waals surface area contributed by atoms with E-state index in [-0.39, 0.29) is 11.9 Å². The average molecular weight is 276 g/mol. The topological polar surface area (TPSA) is 55.6 Å². The minimum absolute atomic E-state index is 0.156. The highest BCUT2D eigenvalue weighted by atomic mass is 16.5. The van der Waals surface area contributed by atoms with E-state index in [0.29, 0.717) is 18.9 Å². The molecule has 4 heteroatoms. The molecule has 0 radical (unpaired) electrons. The van der Waals surface area contributed by atoms with Crippen LogP contribution in [0, 0.1) is 5.92 Å². The number of para-hydroxylation sites is 1. The van der Waals surface area contributed by atoms with Crippen molar-refractivity contribution in [3.05, 3.63) is 29.8 Å². The highest BCUT2D eigenvalue weighted by molar-refractivity contribution is 5.76. The molecule has 0 spiro atoms. The predicted molar refractivity (Wildman–Crippen MR) is 79.7 cm³/mol. The molecule has 4 nitrogen and oxygen atoms in total. The van der Waals surface area contributed by atoms with Gasteiger partial charge in [-0.25, -0.2) is 0 Å². The molecule has 0 aromatic heterocycles. The number of nitrogens with zero attached hydrogens (tertiary/aromatic N) is 1. The fraction of sp³-hybridized carbons (Fsp3) is 0.562. The van der Waals surface area contributed by atoms with Crippen LogP contribution in [0.15, 0.2) is 24.3 Å². The molecular formula is C16H24N2O2. The Kier molecular flexibility index (Phi) is 5.01. The number of hydrogen-bond acceptors (Lipinski definition) is 3. The molecule has 20 heavy (non-hydrogen) atoms. The quantitative estimate of drug-likeness (QED) is 0.892. The van der Waals surface area contributed by atoms with Gasteiger partial charge in [0.2, 0.25) is 5.91 Å². The Morgan fingerprint density at radius 2 is 2.25 bits per heavy atom. The number of carbonyl (C=O) groups excluding carboxylic acids is 1. The third-order valence-corrected chi connectivity index (χ3v) is 3.86. The molecule has 1 aromatic carbocycles. The fourth-order valence-electron chi connectivity index (χ4n) is 2.76. The van der Waals surface area contributed by atoms with Crippen molar-refractivity contribution in [2.24, 2.45) is 11.7 Å². The molecule has 1 amide bonds. The maximum atomic E-state index is 12.2. The van der Waals surface area contributed by atoms with Crippen molar-refractivity contribution in [1.82, 2.24) is 4.90 Å². The Hall–Kier alpha value is -1.55. The van der Waals surface area contributed by atoms with E-state index in [1.807, 2.05) is 23.1 Å². The summed E-state index contributed by atoms with van der Waals surface area (Å²) < 4.78 is 5.35. The summed E-state index contributed by atoms with van der Waals surface area (Å²) in [4.78, 5) is 14.1. The van der Waals surface area contributed by atoms with Gasteiger partial charge < -0.3 is 15.4 Å². The number of benzene rings is 1. The second-order valence-electron chi connectivity index (χ2n) is 5.71. The van der Waals surface area contributed by atoms with Gasteiger partial charge in [0, 0.05) is 25.6 Å². The molecule has 2 atom stereocenters. The molecule has 2 N–H and O–H groups in total. The van der Waals surface area contributed by atoms with Crippen LogP contribution in [0.2, 0.25) is 0 Å². The molecule has 0 bridgehead atoms. The maximum Gasteiger partial charge on any atom is 0.222 e. The van der Waals surface area contributed by atoms with E-state index in [1.165, 1.54) is 0 Å². The average Bonchev–Trinajstić information content (AvgIpc) is 2.86. The number of rotatable bonds is 5. The zero-order chi connectivity index (χ0) is 14.5. The van der Waals surface area contributed by atoms with E-state index in [1.54, 1.807) is 7.11 Å². The molecule has 1 fully saturated rings. The van der Waals surface area contributed by atoms with Gasteiger partial charge in [0.05, 0.1) is 7.11 Å². The van der Waals surface area contributed by atoms with Gasteiger partial charge in [-0.05, 0) is 30.4 Å². The summed E-state index contributed by atoms with van der Waals surface area (Å²) in [5.74, 6) is 1.42.